The topological polar surface area (TPSA) is 120 Å². The average molecular weight is 588 g/mol. The number of aliphatic hydroxyl groups is 1. The van der Waals surface area contributed by atoms with Crippen molar-refractivity contribution in [1.82, 2.24) is 15.7 Å². The zero-order chi connectivity index (χ0) is 30.6. The molecule has 43 heavy (non-hydrogen) atoms. The lowest BCUT2D eigenvalue weighted by atomic mass is 9.97. The molecule has 0 radical (unpaired) electrons. The minimum Gasteiger partial charge on any atom is -0.392 e. The van der Waals surface area contributed by atoms with Gasteiger partial charge in [0.05, 0.1) is 18.8 Å². The summed E-state index contributed by atoms with van der Waals surface area (Å²) in [6, 6.07) is 23.9. The van der Waals surface area contributed by atoms with Crippen molar-refractivity contribution in [2.75, 3.05) is 20.1 Å². The Hall–Kier alpha value is -3.86. The number of nitrogens with zero attached hydrogens (tertiary/aromatic N) is 1. The molecule has 1 saturated heterocycles. The van der Waals surface area contributed by atoms with Crippen LogP contribution in [0.3, 0.4) is 0 Å². The lowest BCUT2D eigenvalue weighted by molar-refractivity contribution is -0.252. The van der Waals surface area contributed by atoms with E-state index in [1.54, 1.807) is 5.48 Å². The van der Waals surface area contributed by atoms with E-state index in [1.165, 1.54) is 0 Å². The highest BCUT2D eigenvalue weighted by molar-refractivity contribution is 5.78. The van der Waals surface area contributed by atoms with Crippen LogP contribution in [0.2, 0.25) is 0 Å². The molecular formula is C34H41N3O6. The number of carbonyl (C=O) groups is 2. The number of hydrogen-bond donors (Lipinski definition) is 4. The monoisotopic (exact) mass is 587 g/mol. The summed E-state index contributed by atoms with van der Waals surface area (Å²) in [6.07, 6.45) is 2.48. The Balaban J connectivity index is 1.46. The van der Waals surface area contributed by atoms with Crippen LogP contribution in [0.1, 0.15) is 60.3 Å². The SMILES string of the molecule is C=CCN(C)C[C@@H]1C[C@H](c2ccc(CO)cc2)O[C@H](c2ccc(-c3ccccc3CNC(=O)CCCC(=O)NO)cc2)O1. The fourth-order valence-electron chi connectivity index (χ4n) is 5.20. The molecule has 1 aliphatic heterocycles. The Bertz CT molecular complexity index is 1340. The fourth-order valence-corrected chi connectivity index (χ4v) is 5.20. The molecule has 4 rings (SSSR count). The number of likely N-dealkylation sites (N-methyl/N-ethyl adjacent to an activating group) is 1. The van der Waals surface area contributed by atoms with E-state index in [0.717, 1.165) is 46.5 Å². The quantitative estimate of drug-likeness (QED) is 0.122. The average Bonchev–Trinajstić information content (AvgIpc) is 3.04. The third-order valence-corrected chi connectivity index (χ3v) is 7.49. The highest BCUT2D eigenvalue weighted by Gasteiger charge is 2.32. The van der Waals surface area contributed by atoms with Crippen molar-refractivity contribution in [3.05, 3.63) is 108 Å². The van der Waals surface area contributed by atoms with Gasteiger partial charge in [-0.25, -0.2) is 5.48 Å². The van der Waals surface area contributed by atoms with Gasteiger partial charge in [0.2, 0.25) is 11.8 Å². The molecule has 1 aliphatic rings. The number of hydroxylamine groups is 1. The highest BCUT2D eigenvalue weighted by Crippen LogP contribution is 2.38. The lowest BCUT2D eigenvalue weighted by Gasteiger charge is -2.37. The molecule has 0 saturated carbocycles. The maximum Gasteiger partial charge on any atom is 0.243 e. The van der Waals surface area contributed by atoms with Crippen molar-refractivity contribution in [3.8, 4) is 11.1 Å². The normalized spacial score (nSPS) is 18.3. The molecule has 9 nitrogen and oxygen atoms in total. The Kier molecular flexibility index (Phi) is 12.0. The first-order valence-corrected chi connectivity index (χ1v) is 14.6. The molecule has 3 aromatic rings. The molecule has 228 valence electrons. The van der Waals surface area contributed by atoms with E-state index in [4.69, 9.17) is 14.7 Å². The molecule has 2 amide bonds. The molecule has 0 aliphatic carbocycles. The summed E-state index contributed by atoms with van der Waals surface area (Å²) in [4.78, 5) is 25.6. The molecule has 0 aromatic heterocycles. The summed E-state index contributed by atoms with van der Waals surface area (Å²) >= 11 is 0. The van der Waals surface area contributed by atoms with Gasteiger partial charge in [-0.05, 0) is 41.3 Å². The number of amides is 2. The summed E-state index contributed by atoms with van der Waals surface area (Å²) in [6.45, 7) is 5.70. The van der Waals surface area contributed by atoms with Gasteiger partial charge in [-0.2, -0.15) is 0 Å². The largest absolute Gasteiger partial charge is 0.392 e. The summed E-state index contributed by atoms with van der Waals surface area (Å²) < 4.78 is 12.9. The number of benzene rings is 3. The molecule has 4 N–H and O–H groups in total. The van der Waals surface area contributed by atoms with E-state index in [-0.39, 0.29) is 37.6 Å². The van der Waals surface area contributed by atoms with Crippen LogP contribution < -0.4 is 10.8 Å². The molecule has 0 unspecified atom stereocenters. The van der Waals surface area contributed by atoms with Crippen LogP contribution in [0.25, 0.3) is 11.1 Å². The van der Waals surface area contributed by atoms with Crippen LogP contribution in [0.15, 0.2) is 85.5 Å². The third kappa shape index (κ3) is 9.31. The van der Waals surface area contributed by atoms with Crippen LogP contribution >= 0.6 is 0 Å². The summed E-state index contributed by atoms with van der Waals surface area (Å²) in [5, 5.41) is 21.0. The standard InChI is InChI=1S/C34H41N3O6/c1-3-19-37(2)22-29-20-31(26-13-11-24(23-38)12-14-26)43-34(42-29)27-17-15-25(16-18-27)30-8-5-4-7-28(30)21-35-32(39)9-6-10-33(40)36-41/h3-5,7-8,11-18,29,31,34,38,41H,1,6,9-10,19-23H2,2H3,(H,35,39)(H,36,40)/t29-,31+,34+/m0/s1. The third-order valence-electron chi connectivity index (χ3n) is 7.49. The van der Waals surface area contributed by atoms with E-state index < -0.39 is 12.2 Å². The van der Waals surface area contributed by atoms with E-state index in [0.29, 0.717) is 19.4 Å². The second kappa shape index (κ2) is 16.1. The molecular weight excluding hydrogens is 546 g/mol. The van der Waals surface area contributed by atoms with Crippen molar-refractivity contribution in [1.29, 1.82) is 0 Å². The maximum absolute atomic E-state index is 12.3. The Labute approximate surface area is 253 Å². The number of rotatable bonds is 14. The first kappa shape index (κ1) is 32.1. The van der Waals surface area contributed by atoms with Gasteiger partial charge in [0.1, 0.15) is 0 Å². The molecule has 0 bridgehead atoms. The molecule has 1 heterocycles. The van der Waals surface area contributed by atoms with E-state index >= 15 is 0 Å². The van der Waals surface area contributed by atoms with Crippen molar-refractivity contribution in [2.24, 2.45) is 0 Å². The van der Waals surface area contributed by atoms with Gasteiger partial charge in [0, 0.05) is 44.5 Å². The Morgan fingerprint density at radius 1 is 0.977 bits per heavy atom. The molecule has 1 fully saturated rings. The number of nitrogens with one attached hydrogen (secondary N) is 2. The zero-order valence-electron chi connectivity index (χ0n) is 24.6. The summed E-state index contributed by atoms with van der Waals surface area (Å²) in [5.74, 6) is -0.662. The lowest BCUT2D eigenvalue weighted by Crippen LogP contribution is -2.37. The van der Waals surface area contributed by atoms with Gasteiger partial charge < -0.3 is 24.8 Å². The number of ether oxygens (including phenoxy) is 2. The van der Waals surface area contributed by atoms with Crippen LogP contribution in [0.5, 0.6) is 0 Å². The number of carbonyl (C=O) groups excluding carboxylic acids is 2. The van der Waals surface area contributed by atoms with E-state index in [9.17, 15) is 14.7 Å². The van der Waals surface area contributed by atoms with Gasteiger partial charge >= 0.3 is 0 Å². The molecule has 0 spiro atoms. The molecule has 3 atom stereocenters. The van der Waals surface area contributed by atoms with Crippen molar-refractivity contribution < 1.29 is 29.4 Å². The first-order valence-electron chi connectivity index (χ1n) is 14.6. The van der Waals surface area contributed by atoms with E-state index in [2.05, 4.69) is 16.8 Å². The number of hydrogen-bond acceptors (Lipinski definition) is 7. The van der Waals surface area contributed by atoms with Crippen LogP contribution in [-0.2, 0) is 32.2 Å². The van der Waals surface area contributed by atoms with Crippen molar-refractivity contribution in [3.63, 3.8) is 0 Å². The van der Waals surface area contributed by atoms with Crippen LogP contribution in [0, 0.1) is 0 Å². The second-order valence-corrected chi connectivity index (χ2v) is 10.8. The van der Waals surface area contributed by atoms with E-state index in [1.807, 2.05) is 85.9 Å². The van der Waals surface area contributed by atoms with Gasteiger partial charge in [0.15, 0.2) is 6.29 Å². The Morgan fingerprint density at radius 3 is 2.37 bits per heavy atom. The van der Waals surface area contributed by atoms with Crippen LogP contribution in [-0.4, -0.2) is 53.3 Å². The maximum atomic E-state index is 12.3. The minimum atomic E-state index is -0.546. The predicted molar refractivity (Wildman–Crippen MR) is 164 cm³/mol. The predicted octanol–water partition coefficient (Wildman–Crippen LogP) is 4.80. The molecule has 3 aromatic carbocycles. The number of aliphatic hydroxyl groups excluding tert-OH is 1. The smallest absolute Gasteiger partial charge is 0.243 e. The Morgan fingerprint density at radius 2 is 1.67 bits per heavy atom. The van der Waals surface area contributed by atoms with Crippen molar-refractivity contribution >= 4 is 11.8 Å². The zero-order valence-corrected chi connectivity index (χ0v) is 24.6. The summed E-state index contributed by atoms with van der Waals surface area (Å²) in [5.41, 5.74) is 7.37. The minimum absolute atomic E-state index is 0.000132. The van der Waals surface area contributed by atoms with Gasteiger partial charge in [-0.1, -0.05) is 78.9 Å². The summed E-state index contributed by atoms with van der Waals surface area (Å²) in [7, 11) is 2.05. The second-order valence-electron chi connectivity index (χ2n) is 10.8. The highest BCUT2D eigenvalue weighted by atomic mass is 16.7. The van der Waals surface area contributed by atoms with Gasteiger partial charge in [0.25, 0.3) is 0 Å². The van der Waals surface area contributed by atoms with Crippen molar-refractivity contribution in [2.45, 2.75) is 57.3 Å². The van der Waals surface area contributed by atoms with Gasteiger partial charge in [-0.15, -0.1) is 6.58 Å². The fraction of sp³-hybridized carbons (Fsp3) is 0.353. The van der Waals surface area contributed by atoms with Crippen LogP contribution in [0.4, 0.5) is 0 Å². The molecule has 9 heteroatoms. The first-order chi connectivity index (χ1) is 20.9. The van der Waals surface area contributed by atoms with Gasteiger partial charge in [-0.3, -0.25) is 14.8 Å².